The highest BCUT2D eigenvalue weighted by molar-refractivity contribution is 5.82. The van der Waals surface area contributed by atoms with Gasteiger partial charge in [0, 0.05) is 11.5 Å². The number of nitrogens with one attached hydrogen (secondary N) is 1. The Morgan fingerprint density at radius 3 is 2.65 bits per heavy atom. The van der Waals surface area contributed by atoms with Crippen LogP contribution in [0.15, 0.2) is 18.2 Å². The third kappa shape index (κ3) is 5.26. The maximum Gasteiger partial charge on any atom is 0.225 e. The zero-order valence-electron chi connectivity index (χ0n) is 15.1. The molecule has 3 heteroatoms. The van der Waals surface area contributed by atoms with Gasteiger partial charge in [-0.15, -0.1) is 0 Å². The molecule has 3 nitrogen and oxygen atoms in total. The number of benzene rings is 1. The maximum atomic E-state index is 12.4. The average Bonchev–Trinajstić information content (AvgIpc) is 3.00. The summed E-state index contributed by atoms with van der Waals surface area (Å²) < 4.78 is 5.89. The highest BCUT2D eigenvalue weighted by Crippen LogP contribution is 2.26. The maximum absolute atomic E-state index is 12.4. The molecule has 1 fully saturated rings. The van der Waals surface area contributed by atoms with E-state index in [-0.39, 0.29) is 11.3 Å². The van der Waals surface area contributed by atoms with Crippen molar-refractivity contribution in [1.82, 2.24) is 5.32 Å². The van der Waals surface area contributed by atoms with Crippen molar-refractivity contribution in [2.45, 2.75) is 72.3 Å². The molecule has 0 radical (unpaired) electrons. The minimum Gasteiger partial charge on any atom is -0.493 e. The number of rotatable bonds is 7. The first-order valence-corrected chi connectivity index (χ1v) is 8.89. The number of aryl methyl sites for hydroxylation is 2. The molecular weight excluding hydrogens is 286 g/mol. The van der Waals surface area contributed by atoms with Gasteiger partial charge >= 0.3 is 0 Å². The van der Waals surface area contributed by atoms with E-state index in [1.54, 1.807) is 0 Å². The molecule has 1 aliphatic carbocycles. The van der Waals surface area contributed by atoms with Crippen LogP contribution < -0.4 is 10.1 Å². The van der Waals surface area contributed by atoms with Crippen molar-refractivity contribution in [3.63, 3.8) is 0 Å². The Kier molecular flexibility index (Phi) is 6.09. The van der Waals surface area contributed by atoms with E-state index in [0.29, 0.717) is 12.6 Å². The molecular formula is C20H31NO2. The molecule has 2 rings (SSSR count). The summed E-state index contributed by atoms with van der Waals surface area (Å²) in [5, 5.41) is 3.21. The molecule has 0 spiro atoms. The normalized spacial score (nSPS) is 15.7. The summed E-state index contributed by atoms with van der Waals surface area (Å²) in [4.78, 5) is 12.4. The summed E-state index contributed by atoms with van der Waals surface area (Å²) in [6.07, 6.45) is 6.49. The van der Waals surface area contributed by atoms with Crippen LogP contribution in [-0.2, 0) is 4.79 Å². The monoisotopic (exact) mass is 317 g/mol. The molecule has 1 N–H and O–H groups in total. The summed E-state index contributed by atoms with van der Waals surface area (Å²) in [6.45, 7) is 8.87. The van der Waals surface area contributed by atoms with Gasteiger partial charge in [0.1, 0.15) is 5.75 Å². The van der Waals surface area contributed by atoms with Gasteiger partial charge in [0.05, 0.1) is 6.61 Å². The van der Waals surface area contributed by atoms with Crippen molar-refractivity contribution in [1.29, 1.82) is 0 Å². The van der Waals surface area contributed by atoms with Crippen molar-refractivity contribution < 1.29 is 9.53 Å². The van der Waals surface area contributed by atoms with E-state index >= 15 is 0 Å². The van der Waals surface area contributed by atoms with Gasteiger partial charge in [0.15, 0.2) is 0 Å². The molecule has 1 aliphatic rings. The molecule has 0 aliphatic heterocycles. The van der Waals surface area contributed by atoms with Gasteiger partial charge in [-0.1, -0.05) is 38.8 Å². The van der Waals surface area contributed by atoms with E-state index in [4.69, 9.17) is 4.74 Å². The Morgan fingerprint density at radius 2 is 1.96 bits per heavy atom. The zero-order valence-corrected chi connectivity index (χ0v) is 15.1. The lowest BCUT2D eigenvalue weighted by molar-refractivity contribution is -0.130. The van der Waals surface area contributed by atoms with Crippen LogP contribution in [0.4, 0.5) is 0 Å². The van der Waals surface area contributed by atoms with Gasteiger partial charge in [-0.2, -0.15) is 0 Å². The quantitative estimate of drug-likeness (QED) is 0.749. The van der Waals surface area contributed by atoms with Crippen LogP contribution in [0.25, 0.3) is 0 Å². The highest BCUT2D eigenvalue weighted by atomic mass is 16.5. The van der Waals surface area contributed by atoms with Crippen LogP contribution in [0.2, 0.25) is 0 Å². The van der Waals surface area contributed by atoms with Crippen LogP contribution in [0.1, 0.15) is 63.5 Å². The van der Waals surface area contributed by atoms with Crippen LogP contribution >= 0.6 is 0 Å². The smallest absolute Gasteiger partial charge is 0.225 e. The van der Waals surface area contributed by atoms with Crippen molar-refractivity contribution >= 4 is 5.91 Å². The van der Waals surface area contributed by atoms with Gasteiger partial charge in [-0.05, 0) is 56.7 Å². The van der Waals surface area contributed by atoms with Crippen LogP contribution in [0.3, 0.4) is 0 Å². The summed E-state index contributed by atoms with van der Waals surface area (Å²) in [7, 11) is 0. The molecule has 1 aromatic carbocycles. The van der Waals surface area contributed by atoms with E-state index in [9.17, 15) is 4.79 Å². The summed E-state index contributed by atoms with van der Waals surface area (Å²) >= 11 is 0. The van der Waals surface area contributed by atoms with E-state index in [1.807, 2.05) is 13.8 Å². The Labute approximate surface area is 140 Å². The molecule has 1 aromatic rings. The average molecular weight is 317 g/mol. The number of ether oxygens (including phenoxy) is 1. The van der Waals surface area contributed by atoms with Crippen molar-refractivity contribution in [3.8, 4) is 5.75 Å². The minimum absolute atomic E-state index is 0.191. The zero-order chi connectivity index (χ0) is 16.9. The molecule has 0 aromatic heterocycles. The van der Waals surface area contributed by atoms with Gasteiger partial charge in [0.25, 0.3) is 0 Å². The number of carbonyl (C=O) groups is 1. The molecule has 0 bridgehead atoms. The van der Waals surface area contributed by atoms with Gasteiger partial charge in [-0.25, -0.2) is 0 Å². The molecule has 128 valence electrons. The van der Waals surface area contributed by atoms with Crippen molar-refractivity contribution in [3.05, 3.63) is 29.3 Å². The topological polar surface area (TPSA) is 38.3 Å². The second-order valence-corrected chi connectivity index (χ2v) is 7.56. The molecule has 23 heavy (non-hydrogen) atoms. The predicted octanol–water partition coefficient (Wildman–Crippen LogP) is 4.55. The summed E-state index contributed by atoms with van der Waals surface area (Å²) in [5.74, 6) is 1.15. The molecule has 1 amide bonds. The van der Waals surface area contributed by atoms with Crippen LogP contribution in [0, 0.1) is 19.3 Å². The lowest BCUT2D eigenvalue weighted by Crippen LogP contribution is -2.42. The van der Waals surface area contributed by atoms with Crippen molar-refractivity contribution in [2.75, 3.05) is 6.61 Å². The van der Waals surface area contributed by atoms with E-state index in [1.165, 1.54) is 18.4 Å². The third-order valence-corrected chi connectivity index (χ3v) is 4.85. The first-order valence-electron chi connectivity index (χ1n) is 8.89. The standard InChI is InChI=1S/C20H31NO2/c1-15-10-11-16(2)18(14-15)23-13-7-12-20(3,4)19(22)21-17-8-5-6-9-17/h10-11,14,17H,5-9,12-13H2,1-4H3,(H,21,22). The second-order valence-electron chi connectivity index (χ2n) is 7.56. The molecule has 1 saturated carbocycles. The fourth-order valence-electron chi connectivity index (χ4n) is 3.12. The Bertz CT molecular complexity index is 530. The van der Waals surface area contributed by atoms with Gasteiger partial charge in [-0.3, -0.25) is 4.79 Å². The molecule has 0 heterocycles. The van der Waals surface area contributed by atoms with E-state index in [2.05, 4.69) is 37.4 Å². The van der Waals surface area contributed by atoms with Gasteiger partial charge in [0.2, 0.25) is 5.91 Å². The number of amides is 1. The van der Waals surface area contributed by atoms with Gasteiger partial charge < -0.3 is 10.1 Å². The number of hydrogen-bond acceptors (Lipinski definition) is 2. The van der Waals surface area contributed by atoms with Crippen LogP contribution in [0.5, 0.6) is 5.75 Å². The number of hydrogen-bond donors (Lipinski definition) is 1. The fraction of sp³-hybridized carbons (Fsp3) is 0.650. The molecule has 0 saturated heterocycles. The summed E-state index contributed by atoms with van der Waals surface area (Å²) in [5.41, 5.74) is 2.05. The second kappa shape index (κ2) is 7.85. The minimum atomic E-state index is -0.326. The Balaban J connectivity index is 1.75. The summed E-state index contributed by atoms with van der Waals surface area (Å²) in [6, 6.07) is 6.66. The van der Waals surface area contributed by atoms with E-state index < -0.39 is 0 Å². The SMILES string of the molecule is Cc1ccc(C)c(OCCCC(C)(C)C(=O)NC2CCCC2)c1. The Hall–Kier alpha value is -1.51. The Morgan fingerprint density at radius 1 is 1.26 bits per heavy atom. The first kappa shape index (κ1) is 17.8. The fourth-order valence-corrected chi connectivity index (χ4v) is 3.12. The number of carbonyl (C=O) groups excluding carboxylic acids is 1. The van der Waals surface area contributed by atoms with E-state index in [0.717, 1.165) is 37.0 Å². The lowest BCUT2D eigenvalue weighted by atomic mass is 9.86. The third-order valence-electron chi connectivity index (χ3n) is 4.85. The molecule has 0 atom stereocenters. The highest BCUT2D eigenvalue weighted by Gasteiger charge is 2.29. The first-order chi connectivity index (χ1) is 10.9. The van der Waals surface area contributed by atoms with Crippen LogP contribution in [-0.4, -0.2) is 18.6 Å². The van der Waals surface area contributed by atoms with Crippen molar-refractivity contribution in [2.24, 2.45) is 5.41 Å². The lowest BCUT2D eigenvalue weighted by Gasteiger charge is -2.26. The largest absolute Gasteiger partial charge is 0.493 e. The molecule has 0 unspecified atom stereocenters. The predicted molar refractivity (Wildman–Crippen MR) is 94.8 cm³/mol.